The Hall–Kier alpha value is -2.33. The molecule has 0 aliphatic carbocycles. The molecule has 1 unspecified atom stereocenters. The van der Waals surface area contributed by atoms with E-state index < -0.39 is 0 Å². The highest BCUT2D eigenvalue weighted by Gasteiger charge is 2.34. The molecule has 4 rings (SSSR count). The van der Waals surface area contributed by atoms with Gasteiger partial charge in [0.25, 0.3) is 0 Å². The highest BCUT2D eigenvalue weighted by atomic mass is 35.5. The lowest BCUT2D eigenvalue weighted by atomic mass is 10.1. The second-order valence-corrected chi connectivity index (χ2v) is 5.84. The normalized spacial score (nSPS) is 18.3. The van der Waals surface area contributed by atoms with Gasteiger partial charge in [-0.2, -0.15) is 0 Å². The number of oxazole rings is 1. The minimum atomic E-state index is -0.0288. The van der Waals surface area contributed by atoms with E-state index in [1.807, 2.05) is 36.4 Å². The number of aromatic nitrogens is 1. The smallest absolute Gasteiger partial charge is 0.227 e. The molecule has 3 aromatic rings. The van der Waals surface area contributed by atoms with Crippen LogP contribution >= 0.6 is 11.6 Å². The van der Waals surface area contributed by atoms with Crippen LogP contribution in [0.2, 0.25) is 5.02 Å². The first-order valence-electron chi connectivity index (χ1n) is 7.12. The summed E-state index contributed by atoms with van der Waals surface area (Å²) in [7, 11) is 0. The van der Waals surface area contributed by atoms with E-state index in [1.54, 1.807) is 17.0 Å². The van der Waals surface area contributed by atoms with Gasteiger partial charge in [0, 0.05) is 23.7 Å². The molecule has 5 heteroatoms. The van der Waals surface area contributed by atoms with Crippen molar-refractivity contribution in [1.29, 1.82) is 0 Å². The van der Waals surface area contributed by atoms with Crippen molar-refractivity contribution in [2.45, 2.75) is 12.3 Å². The summed E-state index contributed by atoms with van der Waals surface area (Å²) in [6.45, 7) is 0.562. The molecule has 1 amide bonds. The van der Waals surface area contributed by atoms with E-state index in [0.29, 0.717) is 23.9 Å². The second kappa shape index (κ2) is 5.14. The van der Waals surface area contributed by atoms with Crippen LogP contribution in [-0.2, 0) is 4.79 Å². The Labute approximate surface area is 132 Å². The van der Waals surface area contributed by atoms with Crippen molar-refractivity contribution in [3.63, 3.8) is 0 Å². The fraction of sp³-hybridized carbons (Fsp3) is 0.176. The zero-order valence-electron chi connectivity index (χ0n) is 11.7. The Bertz CT molecular complexity index is 825. The van der Waals surface area contributed by atoms with Gasteiger partial charge < -0.3 is 9.32 Å². The van der Waals surface area contributed by atoms with Gasteiger partial charge in [0.05, 0.1) is 5.92 Å². The predicted octanol–water partition coefficient (Wildman–Crippen LogP) is 4.00. The van der Waals surface area contributed by atoms with Crippen LogP contribution in [0.25, 0.3) is 11.1 Å². The zero-order chi connectivity index (χ0) is 15.1. The van der Waals surface area contributed by atoms with E-state index >= 15 is 0 Å². The van der Waals surface area contributed by atoms with Crippen molar-refractivity contribution in [2.75, 3.05) is 11.4 Å². The first-order valence-corrected chi connectivity index (χ1v) is 7.50. The third kappa shape index (κ3) is 2.25. The van der Waals surface area contributed by atoms with Crippen LogP contribution in [0.15, 0.2) is 52.9 Å². The van der Waals surface area contributed by atoms with Crippen molar-refractivity contribution in [2.24, 2.45) is 0 Å². The largest absolute Gasteiger partial charge is 0.440 e. The fourth-order valence-electron chi connectivity index (χ4n) is 2.83. The van der Waals surface area contributed by atoms with Crippen molar-refractivity contribution < 1.29 is 9.21 Å². The molecule has 0 radical (unpaired) electrons. The van der Waals surface area contributed by atoms with Crippen LogP contribution in [0.5, 0.6) is 0 Å². The van der Waals surface area contributed by atoms with Gasteiger partial charge in [-0.3, -0.25) is 4.79 Å². The maximum atomic E-state index is 12.3. The van der Waals surface area contributed by atoms with Crippen molar-refractivity contribution >= 4 is 34.3 Å². The van der Waals surface area contributed by atoms with Crippen LogP contribution in [0.1, 0.15) is 18.2 Å². The van der Waals surface area contributed by atoms with Gasteiger partial charge in [0.2, 0.25) is 11.8 Å². The van der Waals surface area contributed by atoms with E-state index in [0.717, 1.165) is 16.8 Å². The first kappa shape index (κ1) is 13.3. The quantitative estimate of drug-likeness (QED) is 0.718. The third-order valence-corrected chi connectivity index (χ3v) is 4.14. The number of amides is 1. The highest BCUT2D eigenvalue weighted by Crippen LogP contribution is 2.33. The number of hydrogen-bond acceptors (Lipinski definition) is 3. The monoisotopic (exact) mass is 312 g/mol. The number of para-hydroxylation sites is 2. The van der Waals surface area contributed by atoms with Crippen LogP contribution in [0, 0.1) is 0 Å². The minimum Gasteiger partial charge on any atom is -0.440 e. The molecule has 0 bridgehead atoms. The van der Waals surface area contributed by atoms with Crippen LogP contribution in [0.4, 0.5) is 5.69 Å². The number of halogens is 1. The molecule has 4 nitrogen and oxygen atoms in total. The molecule has 1 aromatic heterocycles. The molecule has 0 saturated carbocycles. The Balaban J connectivity index is 1.64. The lowest BCUT2D eigenvalue weighted by Crippen LogP contribution is -2.24. The number of anilines is 1. The highest BCUT2D eigenvalue weighted by molar-refractivity contribution is 6.30. The van der Waals surface area contributed by atoms with E-state index in [9.17, 15) is 4.79 Å². The molecule has 22 heavy (non-hydrogen) atoms. The van der Waals surface area contributed by atoms with Crippen LogP contribution in [-0.4, -0.2) is 17.4 Å². The molecule has 1 atom stereocenters. The maximum Gasteiger partial charge on any atom is 0.227 e. The second-order valence-electron chi connectivity index (χ2n) is 5.41. The maximum absolute atomic E-state index is 12.3. The summed E-state index contributed by atoms with van der Waals surface area (Å²) < 4.78 is 5.79. The Morgan fingerprint density at radius 2 is 2.05 bits per heavy atom. The third-order valence-electron chi connectivity index (χ3n) is 3.90. The zero-order valence-corrected chi connectivity index (χ0v) is 12.5. The lowest BCUT2D eigenvalue weighted by molar-refractivity contribution is -0.117. The summed E-state index contributed by atoms with van der Waals surface area (Å²) in [5.41, 5.74) is 2.40. The number of nitrogens with zero attached hydrogens (tertiary/aromatic N) is 2. The number of fused-ring (bicyclic) bond motifs is 1. The topological polar surface area (TPSA) is 46.3 Å². The van der Waals surface area contributed by atoms with E-state index in [1.165, 1.54) is 0 Å². The summed E-state index contributed by atoms with van der Waals surface area (Å²) in [6.07, 6.45) is 0.402. The average molecular weight is 313 g/mol. The molecule has 2 aromatic carbocycles. The number of benzene rings is 2. The van der Waals surface area contributed by atoms with Gasteiger partial charge >= 0.3 is 0 Å². The first-order chi connectivity index (χ1) is 10.7. The molecule has 2 heterocycles. The standard InChI is InChI=1S/C17H13ClN2O2/c18-12-4-3-5-13(9-12)20-10-11(8-16(20)21)17-19-14-6-1-2-7-15(14)22-17/h1-7,9,11H,8,10H2. The summed E-state index contributed by atoms with van der Waals surface area (Å²) in [5, 5.41) is 0.621. The average Bonchev–Trinajstić information content (AvgIpc) is 3.10. The molecule has 1 aliphatic rings. The Morgan fingerprint density at radius 1 is 1.18 bits per heavy atom. The van der Waals surface area contributed by atoms with Gasteiger partial charge in [-0.05, 0) is 30.3 Å². The molecule has 1 aliphatic heterocycles. The molecular weight excluding hydrogens is 300 g/mol. The molecule has 0 N–H and O–H groups in total. The molecule has 110 valence electrons. The SMILES string of the molecule is O=C1CC(c2nc3ccccc3o2)CN1c1cccc(Cl)c1. The number of rotatable bonds is 2. The summed E-state index contributed by atoms with van der Waals surface area (Å²) in [4.78, 5) is 18.5. The van der Waals surface area contributed by atoms with Gasteiger partial charge in [-0.25, -0.2) is 4.98 Å². The van der Waals surface area contributed by atoms with Crippen LogP contribution in [0.3, 0.4) is 0 Å². The van der Waals surface area contributed by atoms with E-state index in [-0.39, 0.29) is 11.8 Å². The van der Waals surface area contributed by atoms with Crippen molar-refractivity contribution in [3.05, 3.63) is 59.4 Å². The summed E-state index contributed by atoms with van der Waals surface area (Å²) in [6, 6.07) is 15.0. The predicted molar refractivity (Wildman–Crippen MR) is 85.2 cm³/mol. The Kier molecular flexibility index (Phi) is 3.12. The molecule has 1 fully saturated rings. The van der Waals surface area contributed by atoms with Crippen molar-refractivity contribution in [1.82, 2.24) is 4.98 Å². The lowest BCUT2D eigenvalue weighted by Gasteiger charge is -2.16. The molecular formula is C17H13ClN2O2. The van der Waals surface area contributed by atoms with E-state index in [4.69, 9.17) is 16.0 Å². The van der Waals surface area contributed by atoms with Crippen LogP contribution < -0.4 is 4.90 Å². The van der Waals surface area contributed by atoms with Gasteiger partial charge in [-0.1, -0.05) is 29.8 Å². The summed E-state index contributed by atoms with van der Waals surface area (Å²) in [5.74, 6) is 0.660. The Morgan fingerprint density at radius 3 is 2.86 bits per heavy atom. The number of carbonyl (C=O) groups is 1. The fourth-order valence-corrected chi connectivity index (χ4v) is 3.02. The number of hydrogen-bond donors (Lipinski definition) is 0. The number of carbonyl (C=O) groups excluding carboxylic acids is 1. The van der Waals surface area contributed by atoms with Gasteiger partial charge in [-0.15, -0.1) is 0 Å². The molecule has 0 spiro atoms. The summed E-state index contributed by atoms with van der Waals surface area (Å²) >= 11 is 6.01. The molecule has 1 saturated heterocycles. The van der Waals surface area contributed by atoms with Gasteiger partial charge in [0.1, 0.15) is 5.52 Å². The van der Waals surface area contributed by atoms with Crippen molar-refractivity contribution in [3.8, 4) is 0 Å². The van der Waals surface area contributed by atoms with Gasteiger partial charge in [0.15, 0.2) is 5.58 Å². The minimum absolute atomic E-state index is 0.0288. The van der Waals surface area contributed by atoms with E-state index in [2.05, 4.69) is 4.98 Å².